The van der Waals surface area contributed by atoms with Gasteiger partial charge < -0.3 is 20.2 Å². The molecular weight excluding hydrogens is 300 g/mol. The topological polar surface area (TPSA) is 156 Å². The summed E-state index contributed by atoms with van der Waals surface area (Å²) < 4.78 is 1.72. The number of ketones is 2. The number of Topliss-reactive ketones (excluding diaryl/α,β-unsaturated/α-hetero) is 2. The molecule has 2 heterocycles. The van der Waals surface area contributed by atoms with E-state index in [0.717, 1.165) is 9.36 Å². The van der Waals surface area contributed by atoms with Crippen LogP contribution in [0.2, 0.25) is 0 Å². The summed E-state index contributed by atoms with van der Waals surface area (Å²) in [6.07, 6.45) is 0. The normalized spacial score (nSPS) is 10.8. The van der Waals surface area contributed by atoms with Crippen molar-refractivity contribution in [2.45, 2.75) is 26.9 Å². The predicted molar refractivity (Wildman–Crippen MR) is 70.2 cm³/mol. The molecule has 0 amide bonds. The van der Waals surface area contributed by atoms with Crippen LogP contribution < -0.4 is 0 Å². The minimum Gasteiger partial charge on any atom is -0.358 e. The third kappa shape index (κ3) is 2.53. The van der Waals surface area contributed by atoms with Gasteiger partial charge in [-0.25, -0.2) is 0 Å². The van der Waals surface area contributed by atoms with Crippen molar-refractivity contribution in [2.75, 3.05) is 0 Å². The van der Waals surface area contributed by atoms with E-state index in [1.807, 2.05) is 0 Å². The number of hydrogen-bond donors (Lipinski definition) is 0. The fourth-order valence-corrected chi connectivity index (χ4v) is 2.01. The van der Waals surface area contributed by atoms with Crippen LogP contribution in [0.1, 0.15) is 13.8 Å². The molecule has 0 radical (unpaired) electrons. The first-order valence-electron chi connectivity index (χ1n) is 5.97. The van der Waals surface area contributed by atoms with Crippen molar-refractivity contribution in [1.29, 1.82) is 0 Å². The predicted octanol–water partition coefficient (Wildman–Crippen LogP) is 0.227. The van der Waals surface area contributed by atoms with Crippen LogP contribution in [0, 0.1) is 20.2 Å². The van der Waals surface area contributed by atoms with Gasteiger partial charge in [0.25, 0.3) is 0 Å². The molecule has 0 bridgehead atoms. The average Bonchev–Trinajstić information content (AvgIpc) is 2.88. The summed E-state index contributed by atoms with van der Waals surface area (Å²) in [7, 11) is 0. The van der Waals surface area contributed by atoms with E-state index in [4.69, 9.17) is 0 Å². The molecule has 0 aliphatic rings. The zero-order valence-electron chi connectivity index (χ0n) is 11.5. The van der Waals surface area contributed by atoms with Crippen molar-refractivity contribution in [3.63, 3.8) is 0 Å². The third-order valence-electron chi connectivity index (χ3n) is 2.69. The van der Waals surface area contributed by atoms with E-state index < -0.39 is 33.0 Å². The van der Waals surface area contributed by atoms with E-state index in [-0.39, 0.29) is 24.1 Å². The number of nitrogens with zero attached hydrogens (tertiary/aromatic N) is 6. The quantitative estimate of drug-likeness (QED) is 0.541. The van der Waals surface area contributed by atoms with Gasteiger partial charge in [-0.1, -0.05) is 0 Å². The van der Waals surface area contributed by atoms with E-state index in [9.17, 15) is 29.8 Å². The van der Waals surface area contributed by atoms with E-state index in [2.05, 4.69) is 10.2 Å². The van der Waals surface area contributed by atoms with Gasteiger partial charge in [-0.15, -0.1) is 0 Å². The Hall–Kier alpha value is -3.18. The molecule has 2 aromatic rings. The van der Waals surface area contributed by atoms with Crippen molar-refractivity contribution in [1.82, 2.24) is 19.6 Å². The molecule has 2 aromatic heterocycles. The van der Waals surface area contributed by atoms with E-state index in [1.165, 1.54) is 13.8 Å². The van der Waals surface area contributed by atoms with Gasteiger partial charge >= 0.3 is 11.6 Å². The molecule has 0 atom stereocenters. The summed E-state index contributed by atoms with van der Waals surface area (Å²) in [4.78, 5) is 42.9. The third-order valence-corrected chi connectivity index (χ3v) is 2.69. The van der Waals surface area contributed by atoms with Crippen LogP contribution in [0.25, 0.3) is 11.0 Å². The molecule has 0 fully saturated rings. The Kier molecular flexibility index (Phi) is 3.67. The lowest BCUT2D eigenvalue weighted by Gasteiger charge is -1.93. The van der Waals surface area contributed by atoms with Crippen LogP contribution in [0.4, 0.5) is 11.6 Å². The highest BCUT2D eigenvalue weighted by atomic mass is 16.6. The minimum atomic E-state index is -0.846. The number of fused-ring (bicyclic) bond motifs is 1. The molecule has 0 saturated heterocycles. The molecule has 0 aliphatic heterocycles. The number of hydrogen-bond acceptors (Lipinski definition) is 8. The molecule has 0 aliphatic carbocycles. The van der Waals surface area contributed by atoms with Crippen LogP contribution in [-0.2, 0) is 22.7 Å². The standard InChI is InChI=1S/C10H10N6O6/c1-5(17)3-13-7-8(10(11-13)16(21)22)14(4-6(2)18)12-9(7)15(19)20/h3-4H2,1-2H3. The van der Waals surface area contributed by atoms with Gasteiger partial charge in [-0.05, 0) is 23.7 Å². The summed E-state index contributed by atoms with van der Waals surface area (Å²) in [5, 5.41) is 29.4. The van der Waals surface area contributed by atoms with Crippen molar-refractivity contribution >= 4 is 34.2 Å². The molecule has 12 heteroatoms. The summed E-state index contributed by atoms with van der Waals surface area (Å²) in [5.41, 5.74) is -0.513. The molecule has 0 unspecified atom stereocenters. The molecule has 0 spiro atoms. The smallest absolute Gasteiger partial charge is 0.358 e. The van der Waals surface area contributed by atoms with E-state index in [1.54, 1.807) is 0 Å². The molecule has 116 valence electrons. The fraction of sp³-hybridized carbons (Fsp3) is 0.400. The van der Waals surface area contributed by atoms with Gasteiger partial charge in [0.15, 0.2) is 11.6 Å². The summed E-state index contributed by atoms with van der Waals surface area (Å²) in [6.45, 7) is 1.67. The number of nitro groups is 2. The second kappa shape index (κ2) is 5.31. The maximum absolute atomic E-state index is 11.2. The molecule has 12 nitrogen and oxygen atoms in total. The minimum absolute atomic E-state index is 0.256. The Balaban J connectivity index is 2.84. The van der Waals surface area contributed by atoms with Crippen molar-refractivity contribution in [2.24, 2.45) is 0 Å². The highest BCUT2D eigenvalue weighted by Crippen LogP contribution is 2.31. The Labute approximate surface area is 121 Å². The van der Waals surface area contributed by atoms with Crippen molar-refractivity contribution < 1.29 is 19.4 Å². The van der Waals surface area contributed by atoms with Gasteiger partial charge in [-0.2, -0.15) is 9.36 Å². The molecule has 2 rings (SSSR count). The van der Waals surface area contributed by atoms with Gasteiger partial charge in [0.2, 0.25) is 11.0 Å². The molecule has 22 heavy (non-hydrogen) atoms. The second-order valence-corrected chi connectivity index (χ2v) is 4.58. The van der Waals surface area contributed by atoms with Gasteiger partial charge in [-0.3, -0.25) is 9.59 Å². The largest absolute Gasteiger partial charge is 0.418 e. The average molecular weight is 310 g/mol. The summed E-state index contributed by atoms with van der Waals surface area (Å²) >= 11 is 0. The van der Waals surface area contributed by atoms with Gasteiger partial charge in [0.1, 0.15) is 13.1 Å². The first-order chi connectivity index (χ1) is 10.2. The van der Waals surface area contributed by atoms with Crippen molar-refractivity contribution in [3.8, 4) is 0 Å². The monoisotopic (exact) mass is 310 g/mol. The zero-order chi connectivity index (χ0) is 16.6. The Morgan fingerprint density at radius 2 is 1.23 bits per heavy atom. The lowest BCUT2D eigenvalue weighted by molar-refractivity contribution is -0.388. The molecular formula is C10H10N6O6. The van der Waals surface area contributed by atoms with Crippen molar-refractivity contribution in [3.05, 3.63) is 20.2 Å². The molecule has 0 aromatic carbocycles. The van der Waals surface area contributed by atoms with Crippen LogP contribution in [0.3, 0.4) is 0 Å². The van der Waals surface area contributed by atoms with Crippen LogP contribution >= 0.6 is 0 Å². The Morgan fingerprint density at radius 1 is 0.909 bits per heavy atom. The number of carbonyl (C=O) groups is 2. The Bertz CT molecular complexity index is 750. The number of carbonyl (C=O) groups excluding carboxylic acids is 2. The Morgan fingerprint density at radius 3 is 1.45 bits per heavy atom. The van der Waals surface area contributed by atoms with E-state index in [0.29, 0.717) is 0 Å². The fourth-order valence-electron chi connectivity index (χ4n) is 2.01. The van der Waals surface area contributed by atoms with Crippen LogP contribution in [-0.4, -0.2) is 41.0 Å². The second-order valence-electron chi connectivity index (χ2n) is 4.58. The van der Waals surface area contributed by atoms with Crippen LogP contribution in [0.15, 0.2) is 0 Å². The highest BCUT2D eigenvalue weighted by molar-refractivity contribution is 5.92. The highest BCUT2D eigenvalue weighted by Gasteiger charge is 2.36. The first-order valence-corrected chi connectivity index (χ1v) is 5.97. The van der Waals surface area contributed by atoms with Gasteiger partial charge in [0, 0.05) is 0 Å². The SMILES string of the molecule is CC(=O)Cn1nc([N+](=O)[O-])c2c1c([N+](=O)[O-])nn2CC(C)=O. The van der Waals surface area contributed by atoms with E-state index >= 15 is 0 Å². The summed E-state index contributed by atoms with van der Waals surface area (Å²) in [5.74, 6) is -2.18. The number of aromatic nitrogens is 4. The molecule has 0 N–H and O–H groups in total. The lowest BCUT2D eigenvalue weighted by atomic mass is 10.4. The summed E-state index contributed by atoms with van der Waals surface area (Å²) in [6, 6.07) is 0. The van der Waals surface area contributed by atoms with Crippen LogP contribution in [0.5, 0.6) is 0 Å². The van der Waals surface area contributed by atoms with Gasteiger partial charge in [0.05, 0.1) is 10.2 Å². The maximum Gasteiger partial charge on any atom is 0.418 e. The maximum atomic E-state index is 11.2. The first kappa shape index (κ1) is 15.2. The molecule has 0 saturated carbocycles. The lowest BCUT2D eigenvalue weighted by Crippen LogP contribution is -2.10. The zero-order valence-corrected chi connectivity index (χ0v) is 11.5. The number of rotatable bonds is 6.